The SMILES string of the molecule is CCNC(=O)Nc1cccc2c1[nH]c1ncnc(NC(CO)C(C)C)c12. The summed E-state index contributed by atoms with van der Waals surface area (Å²) in [6, 6.07) is 5.28. The van der Waals surface area contributed by atoms with Gasteiger partial charge in [-0.3, -0.25) is 0 Å². The molecule has 0 aliphatic heterocycles. The monoisotopic (exact) mass is 356 g/mol. The fourth-order valence-electron chi connectivity index (χ4n) is 2.89. The van der Waals surface area contributed by atoms with Gasteiger partial charge in [-0.1, -0.05) is 26.0 Å². The van der Waals surface area contributed by atoms with Crippen LogP contribution in [0.4, 0.5) is 16.3 Å². The summed E-state index contributed by atoms with van der Waals surface area (Å²) in [6.07, 6.45) is 1.48. The van der Waals surface area contributed by atoms with Gasteiger partial charge in [-0.05, 0) is 18.9 Å². The Balaban J connectivity index is 2.08. The zero-order chi connectivity index (χ0) is 18.7. The minimum absolute atomic E-state index is 0.00944. The van der Waals surface area contributed by atoms with Gasteiger partial charge in [0.15, 0.2) is 0 Å². The van der Waals surface area contributed by atoms with Crippen LogP contribution in [-0.2, 0) is 0 Å². The van der Waals surface area contributed by atoms with E-state index in [2.05, 4.69) is 30.9 Å². The molecule has 0 saturated carbocycles. The molecular weight excluding hydrogens is 332 g/mol. The van der Waals surface area contributed by atoms with Crippen molar-refractivity contribution in [2.24, 2.45) is 5.92 Å². The summed E-state index contributed by atoms with van der Waals surface area (Å²) in [5, 5.41) is 20.2. The smallest absolute Gasteiger partial charge is 0.319 e. The topological polar surface area (TPSA) is 115 Å². The van der Waals surface area contributed by atoms with E-state index in [4.69, 9.17) is 0 Å². The minimum Gasteiger partial charge on any atom is -0.394 e. The first-order chi connectivity index (χ1) is 12.5. The molecule has 8 nitrogen and oxygen atoms in total. The number of carbonyl (C=O) groups excluding carboxylic acids is 1. The molecule has 3 aromatic rings. The largest absolute Gasteiger partial charge is 0.394 e. The Morgan fingerprint density at radius 2 is 2.12 bits per heavy atom. The van der Waals surface area contributed by atoms with Gasteiger partial charge in [0.2, 0.25) is 0 Å². The maximum absolute atomic E-state index is 11.9. The average Bonchev–Trinajstić information content (AvgIpc) is 3.00. The Morgan fingerprint density at radius 3 is 2.81 bits per heavy atom. The summed E-state index contributed by atoms with van der Waals surface area (Å²) in [5.41, 5.74) is 2.12. The van der Waals surface area contributed by atoms with Crippen molar-refractivity contribution in [1.82, 2.24) is 20.3 Å². The number of para-hydroxylation sites is 1. The molecule has 1 unspecified atom stereocenters. The molecule has 0 aliphatic carbocycles. The van der Waals surface area contributed by atoms with Gasteiger partial charge in [0, 0.05) is 11.9 Å². The molecule has 8 heteroatoms. The molecule has 1 aromatic carbocycles. The van der Waals surface area contributed by atoms with Crippen molar-refractivity contribution >= 4 is 39.5 Å². The van der Waals surface area contributed by atoms with Crippen LogP contribution in [0.5, 0.6) is 0 Å². The second kappa shape index (κ2) is 7.57. The number of carbonyl (C=O) groups is 1. The summed E-state index contributed by atoms with van der Waals surface area (Å²) >= 11 is 0. The number of amides is 2. The van der Waals surface area contributed by atoms with E-state index in [1.807, 2.05) is 39.0 Å². The van der Waals surface area contributed by atoms with Crippen molar-refractivity contribution in [1.29, 1.82) is 0 Å². The van der Waals surface area contributed by atoms with Crippen molar-refractivity contribution in [3.63, 3.8) is 0 Å². The van der Waals surface area contributed by atoms with Crippen LogP contribution in [-0.4, -0.2) is 45.3 Å². The zero-order valence-corrected chi connectivity index (χ0v) is 15.1. The summed E-state index contributed by atoms with van der Waals surface area (Å²) in [5.74, 6) is 0.898. The fourth-order valence-corrected chi connectivity index (χ4v) is 2.89. The van der Waals surface area contributed by atoms with E-state index < -0.39 is 0 Å². The Hall–Kier alpha value is -2.87. The summed E-state index contributed by atoms with van der Waals surface area (Å²) in [6.45, 7) is 6.50. The van der Waals surface area contributed by atoms with E-state index in [1.165, 1.54) is 6.33 Å². The molecule has 0 fully saturated rings. The lowest BCUT2D eigenvalue weighted by atomic mass is 10.1. The van der Waals surface area contributed by atoms with Crippen molar-refractivity contribution in [2.75, 3.05) is 23.8 Å². The molecule has 0 spiro atoms. The van der Waals surface area contributed by atoms with Crippen LogP contribution in [0.1, 0.15) is 20.8 Å². The maximum atomic E-state index is 11.9. The number of nitrogens with zero attached hydrogens (tertiary/aromatic N) is 2. The highest BCUT2D eigenvalue weighted by molar-refractivity contribution is 6.15. The van der Waals surface area contributed by atoms with Gasteiger partial charge in [-0.15, -0.1) is 0 Å². The van der Waals surface area contributed by atoms with Gasteiger partial charge in [-0.25, -0.2) is 14.8 Å². The first kappa shape index (κ1) is 17.9. The molecule has 2 heterocycles. The van der Waals surface area contributed by atoms with Crippen molar-refractivity contribution in [2.45, 2.75) is 26.8 Å². The number of urea groups is 1. The highest BCUT2D eigenvalue weighted by atomic mass is 16.3. The molecule has 0 bridgehead atoms. The molecular formula is C18H24N6O2. The number of aromatic amines is 1. The van der Waals surface area contributed by atoms with E-state index >= 15 is 0 Å². The van der Waals surface area contributed by atoms with E-state index in [0.29, 0.717) is 23.7 Å². The maximum Gasteiger partial charge on any atom is 0.319 e. The Morgan fingerprint density at radius 1 is 1.31 bits per heavy atom. The Bertz CT molecular complexity index is 921. The van der Waals surface area contributed by atoms with Crippen LogP contribution in [0, 0.1) is 5.92 Å². The number of aliphatic hydroxyl groups is 1. The lowest BCUT2D eigenvalue weighted by molar-refractivity contribution is 0.249. The van der Waals surface area contributed by atoms with Gasteiger partial charge in [-0.2, -0.15) is 0 Å². The molecule has 5 N–H and O–H groups in total. The first-order valence-electron chi connectivity index (χ1n) is 8.72. The number of rotatable bonds is 6. The minimum atomic E-state index is -0.261. The molecule has 26 heavy (non-hydrogen) atoms. The lowest BCUT2D eigenvalue weighted by Gasteiger charge is -2.20. The van der Waals surface area contributed by atoms with Crippen LogP contribution in [0.3, 0.4) is 0 Å². The van der Waals surface area contributed by atoms with Gasteiger partial charge in [0.05, 0.1) is 29.2 Å². The summed E-state index contributed by atoms with van der Waals surface area (Å²) in [4.78, 5) is 23.8. The van der Waals surface area contributed by atoms with Crippen LogP contribution in [0.2, 0.25) is 0 Å². The van der Waals surface area contributed by atoms with Crippen LogP contribution < -0.4 is 16.0 Å². The molecule has 138 valence electrons. The summed E-state index contributed by atoms with van der Waals surface area (Å²) < 4.78 is 0. The highest BCUT2D eigenvalue weighted by Crippen LogP contribution is 2.33. The van der Waals surface area contributed by atoms with Gasteiger partial charge < -0.3 is 26.0 Å². The molecule has 2 amide bonds. The number of aromatic nitrogens is 3. The second-order valence-corrected chi connectivity index (χ2v) is 6.46. The molecule has 0 aliphatic rings. The van der Waals surface area contributed by atoms with E-state index in [9.17, 15) is 9.90 Å². The number of hydrogen-bond donors (Lipinski definition) is 5. The Labute approximate surface area is 151 Å². The predicted molar refractivity (Wildman–Crippen MR) is 103 cm³/mol. The quantitative estimate of drug-likeness (QED) is 0.466. The molecule has 0 radical (unpaired) electrons. The molecule has 0 saturated heterocycles. The van der Waals surface area contributed by atoms with Gasteiger partial charge >= 0.3 is 6.03 Å². The van der Waals surface area contributed by atoms with Crippen LogP contribution >= 0.6 is 0 Å². The van der Waals surface area contributed by atoms with Gasteiger partial charge in [0.1, 0.15) is 17.8 Å². The normalized spacial score (nSPS) is 12.5. The number of anilines is 2. The van der Waals surface area contributed by atoms with E-state index in [1.54, 1.807) is 0 Å². The number of benzene rings is 1. The standard InChI is InChI=1S/C18H24N6O2/c1-4-19-18(26)23-12-7-5-6-11-14-16(22-13(8-25)10(2)3)20-9-21-17(14)24-15(11)12/h5-7,9-10,13,25H,4,8H2,1-3H3,(H2,19,23,26)(H2,20,21,22,24). The molecule has 2 aromatic heterocycles. The van der Waals surface area contributed by atoms with Crippen molar-refractivity contribution in [3.05, 3.63) is 24.5 Å². The lowest BCUT2D eigenvalue weighted by Crippen LogP contribution is -2.29. The molecule has 3 rings (SSSR count). The molecule has 1 atom stereocenters. The number of aliphatic hydroxyl groups excluding tert-OH is 1. The Kier molecular flexibility index (Phi) is 5.22. The third kappa shape index (κ3) is 3.41. The zero-order valence-electron chi connectivity index (χ0n) is 15.1. The van der Waals surface area contributed by atoms with Gasteiger partial charge in [0.25, 0.3) is 0 Å². The number of fused-ring (bicyclic) bond motifs is 3. The second-order valence-electron chi connectivity index (χ2n) is 6.46. The van der Waals surface area contributed by atoms with E-state index in [0.717, 1.165) is 16.3 Å². The number of nitrogens with one attached hydrogen (secondary N) is 4. The predicted octanol–water partition coefficient (Wildman–Crippen LogP) is 2.68. The fraction of sp³-hybridized carbons (Fsp3) is 0.389. The van der Waals surface area contributed by atoms with Crippen molar-refractivity contribution < 1.29 is 9.90 Å². The summed E-state index contributed by atoms with van der Waals surface area (Å²) in [7, 11) is 0. The number of hydrogen-bond acceptors (Lipinski definition) is 5. The van der Waals surface area contributed by atoms with Crippen LogP contribution in [0.15, 0.2) is 24.5 Å². The van der Waals surface area contributed by atoms with Crippen molar-refractivity contribution in [3.8, 4) is 0 Å². The number of H-pyrrole nitrogens is 1. The highest BCUT2D eigenvalue weighted by Gasteiger charge is 2.18. The van der Waals surface area contributed by atoms with E-state index in [-0.39, 0.29) is 24.6 Å². The van der Waals surface area contributed by atoms with Crippen LogP contribution in [0.25, 0.3) is 21.9 Å². The first-order valence-corrected chi connectivity index (χ1v) is 8.72. The third-order valence-electron chi connectivity index (χ3n) is 4.33. The third-order valence-corrected chi connectivity index (χ3v) is 4.33. The average molecular weight is 356 g/mol.